The zero-order valence-electron chi connectivity index (χ0n) is 9.91. The fourth-order valence-electron chi connectivity index (χ4n) is 1.72. The summed E-state index contributed by atoms with van der Waals surface area (Å²) in [5, 5.41) is 4.02. The Bertz CT molecular complexity index is 579. The molecule has 92 valence electrons. The van der Waals surface area contributed by atoms with E-state index in [4.69, 9.17) is 29.6 Å². The van der Waals surface area contributed by atoms with Crippen LogP contribution in [0.3, 0.4) is 0 Å². The Hall–Kier alpha value is -1.58. The molecule has 0 saturated carbocycles. The Morgan fingerprint density at radius 2 is 1.72 bits per heavy atom. The van der Waals surface area contributed by atoms with E-state index in [2.05, 4.69) is 5.32 Å². The van der Waals surface area contributed by atoms with Crippen LogP contribution in [0.4, 0.5) is 11.4 Å². The minimum Gasteiger partial charge on any atom is -0.389 e. The Balaban J connectivity index is 2.22. The fraction of sp³-hybridized carbons (Fsp3) is 0.0714. The summed E-state index contributed by atoms with van der Waals surface area (Å²) in [7, 11) is 0. The van der Waals surface area contributed by atoms with E-state index >= 15 is 0 Å². The number of hydrogen-bond acceptors (Lipinski definition) is 2. The van der Waals surface area contributed by atoms with Gasteiger partial charge in [0.2, 0.25) is 0 Å². The minimum atomic E-state index is 0.422. The zero-order chi connectivity index (χ0) is 13.1. The molecule has 0 bridgehead atoms. The third-order valence-corrected chi connectivity index (χ3v) is 3.10. The van der Waals surface area contributed by atoms with Crippen LogP contribution in [0, 0.1) is 6.92 Å². The first-order valence-corrected chi connectivity index (χ1v) is 6.28. The SMILES string of the molecule is Cc1cc(Nc2ccc(Cl)cc2)ccc1C(N)=S. The van der Waals surface area contributed by atoms with E-state index in [9.17, 15) is 0 Å². The van der Waals surface area contributed by atoms with Gasteiger partial charge < -0.3 is 11.1 Å². The number of rotatable bonds is 3. The molecule has 18 heavy (non-hydrogen) atoms. The third kappa shape index (κ3) is 3.00. The molecule has 4 heteroatoms. The molecule has 0 saturated heterocycles. The predicted octanol–water partition coefficient (Wildman–Crippen LogP) is 4.03. The molecular formula is C14H13ClN2S. The number of halogens is 1. The Morgan fingerprint density at radius 1 is 1.11 bits per heavy atom. The number of thiocarbonyl (C=S) groups is 1. The Kier molecular flexibility index (Phi) is 3.84. The van der Waals surface area contributed by atoms with Crippen molar-refractivity contribution in [3.8, 4) is 0 Å². The molecule has 0 radical (unpaired) electrons. The zero-order valence-corrected chi connectivity index (χ0v) is 11.5. The van der Waals surface area contributed by atoms with Crippen LogP contribution < -0.4 is 11.1 Å². The van der Waals surface area contributed by atoms with Gasteiger partial charge in [0.1, 0.15) is 4.99 Å². The van der Waals surface area contributed by atoms with E-state index < -0.39 is 0 Å². The van der Waals surface area contributed by atoms with Crippen LogP contribution in [-0.2, 0) is 0 Å². The molecule has 0 fully saturated rings. The standard InChI is InChI=1S/C14H13ClN2S/c1-9-8-12(6-7-13(9)14(16)18)17-11-4-2-10(15)3-5-11/h2-8,17H,1H3,(H2,16,18). The molecule has 0 aliphatic carbocycles. The van der Waals surface area contributed by atoms with Crippen molar-refractivity contribution in [2.45, 2.75) is 6.92 Å². The molecular weight excluding hydrogens is 264 g/mol. The molecule has 2 nitrogen and oxygen atoms in total. The maximum Gasteiger partial charge on any atom is 0.104 e. The van der Waals surface area contributed by atoms with Crippen molar-refractivity contribution in [1.29, 1.82) is 0 Å². The summed E-state index contributed by atoms with van der Waals surface area (Å²) in [6.07, 6.45) is 0. The Labute approximate surface area is 117 Å². The van der Waals surface area contributed by atoms with Crippen LogP contribution >= 0.6 is 23.8 Å². The summed E-state index contributed by atoms with van der Waals surface area (Å²) in [5.41, 5.74) is 9.58. The summed E-state index contributed by atoms with van der Waals surface area (Å²) in [4.78, 5) is 0.422. The summed E-state index contributed by atoms with van der Waals surface area (Å²) < 4.78 is 0. The van der Waals surface area contributed by atoms with Crippen molar-refractivity contribution >= 4 is 40.2 Å². The summed E-state index contributed by atoms with van der Waals surface area (Å²) in [6, 6.07) is 13.5. The van der Waals surface area contributed by atoms with E-state index in [0.29, 0.717) is 4.99 Å². The van der Waals surface area contributed by atoms with Crippen molar-refractivity contribution in [3.63, 3.8) is 0 Å². The van der Waals surface area contributed by atoms with Gasteiger partial charge in [0.25, 0.3) is 0 Å². The average Bonchev–Trinajstić information content (AvgIpc) is 2.32. The van der Waals surface area contributed by atoms with Crippen LogP contribution in [0.15, 0.2) is 42.5 Å². The number of nitrogens with two attached hydrogens (primary N) is 1. The van der Waals surface area contributed by atoms with Gasteiger partial charge in [-0.1, -0.05) is 23.8 Å². The summed E-state index contributed by atoms with van der Waals surface area (Å²) in [5.74, 6) is 0. The van der Waals surface area contributed by atoms with E-state index in [0.717, 1.165) is 27.5 Å². The predicted molar refractivity (Wildman–Crippen MR) is 81.8 cm³/mol. The second-order valence-electron chi connectivity index (χ2n) is 4.03. The van der Waals surface area contributed by atoms with E-state index in [1.807, 2.05) is 49.4 Å². The highest BCUT2D eigenvalue weighted by Gasteiger charge is 2.02. The molecule has 3 N–H and O–H groups in total. The van der Waals surface area contributed by atoms with Crippen molar-refractivity contribution in [1.82, 2.24) is 0 Å². The number of hydrogen-bond donors (Lipinski definition) is 2. The van der Waals surface area contributed by atoms with Gasteiger partial charge in [0, 0.05) is 22.0 Å². The van der Waals surface area contributed by atoms with Gasteiger partial charge >= 0.3 is 0 Å². The molecule has 2 aromatic rings. The highest BCUT2D eigenvalue weighted by molar-refractivity contribution is 7.80. The van der Waals surface area contributed by atoms with E-state index in [1.165, 1.54) is 0 Å². The molecule has 0 aromatic heterocycles. The van der Waals surface area contributed by atoms with Gasteiger partial charge in [-0.3, -0.25) is 0 Å². The van der Waals surface area contributed by atoms with Crippen LogP contribution in [0.25, 0.3) is 0 Å². The molecule has 0 atom stereocenters. The van der Waals surface area contributed by atoms with Crippen LogP contribution in [0.2, 0.25) is 5.02 Å². The second-order valence-corrected chi connectivity index (χ2v) is 4.90. The van der Waals surface area contributed by atoms with Gasteiger partial charge in [-0.05, 0) is 55.0 Å². The van der Waals surface area contributed by atoms with Crippen molar-refractivity contribution in [2.24, 2.45) is 5.73 Å². The van der Waals surface area contributed by atoms with Gasteiger partial charge in [0.05, 0.1) is 0 Å². The third-order valence-electron chi connectivity index (χ3n) is 2.62. The highest BCUT2D eigenvalue weighted by Crippen LogP contribution is 2.21. The molecule has 2 aromatic carbocycles. The van der Waals surface area contributed by atoms with Crippen molar-refractivity contribution in [2.75, 3.05) is 5.32 Å². The number of benzene rings is 2. The quantitative estimate of drug-likeness (QED) is 0.832. The van der Waals surface area contributed by atoms with E-state index in [-0.39, 0.29) is 0 Å². The smallest absolute Gasteiger partial charge is 0.104 e. The maximum atomic E-state index is 5.84. The number of aryl methyl sites for hydroxylation is 1. The molecule has 0 heterocycles. The lowest BCUT2D eigenvalue weighted by atomic mass is 10.1. The first-order chi connectivity index (χ1) is 8.56. The maximum absolute atomic E-state index is 5.84. The Morgan fingerprint density at radius 3 is 2.28 bits per heavy atom. The fourth-order valence-corrected chi connectivity index (χ4v) is 2.07. The molecule has 0 aliphatic rings. The lowest BCUT2D eigenvalue weighted by Crippen LogP contribution is -2.11. The van der Waals surface area contributed by atoms with Crippen molar-refractivity contribution < 1.29 is 0 Å². The minimum absolute atomic E-state index is 0.422. The second kappa shape index (κ2) is 5.38. The molecule has 2 rings (SSSR count). The van der Waals surface area contributed by atoms with Gasteiger partial charge in [-0.25, -0.2) is 0 Å². The topological polar surface area (TPSA) is 38.0 Å². The first kappa shape index (κ1) is 12.9. The normalized spacial score (nSPS) is 10.1. The highest BCUT2D eigenvalue weighted by atomic mass is 35.5. The lowest BCUT2D eigenvalue weighted by Gasteiger charge is -2.10. The van der Waals surface area contributed by atoms with Crippen LogP contribution in [0.1, 0.15) is 11.1 Å². The largest absolute Gasteiger partial charge is 0.389 e. The summed E-state index contributed by atoms with van der Waals surface area (Å²) >= 11 is 10.8. The lowest BCUT2D eigenvalue weighted by molar-refractivity contribution is 1.42. The van der Waals surface area contributed by atoms with Crippen molar-refractivity contribution in [3.05, 3.63) is 58.6 Å². The van der Waals surface area contributed by atoms with Gasteiger partial charge in [-0.15, -0.1) is 0 Å². The average molecular weight is 277 g/mol. The number of anilines is 2. The molecule has 0 spiro atoms. The molecule has 0 aliphatic heterocycles. The van der Waals surface area contributed by atoms with Crippen LogP contribution in [0.5, 0.6) is 0 Å². The first-order valence-electron chi connectivity index (χ1n) is 5.49. The summed E-state index contributed by atoms with van der Waals surface area (Å²) in [6.45, 7) is 1.99. The monoisotopic (exact) mass is 276 g/mol. The number of nitrogens with one attached hydrogen (secondary N) is 1. The van der Waals surface area contributed by atoms with Gasteiger partial charge in [-0.2, -0.15) is 0 Å². The molecule has 0 unspecified atom stereocenters. The molecule has 0 amide bonds. The van der Waals surface area contributed by atoms with Gasteiger partial charge in [0.15, 0.2) is 0 Å². The van der Waals surface area contributed by atoms with Crippen LogP contribution in [-0.4, -0.2) is 4.99 Å². The van der Waals surface area contributed by atoms with E-state index in [1.54, 1.807) is 0 Å².